The molecule has 10 heteroatoms. The first kappa shape index (κ1) is 28.1. The summed E-state index contributed by atoms with van der Waals surface area (Å²) in [7, 11) is 0. The van der Waals surface area contributed by atoms with Crippen LogP contribution in [0.15, 0.2) is 76.3 Å². The highest BCUT2D eigenvalue weighted by Crippen LogP contribution is 2.33. The highest BCUT2D eigenvalue weighted by molar-refractivity contribution is 7.98. The molecule has 4 heterocycles. The van der Waals surface area contributed by atoms with Crippen LogP contribution in [0.3, 0.4) is 0 Å². The van der Waals surface area contributed by atoms with Gasteiger partial charge in [0.15, 0.2) is 22.4 Å². The highest BCUT2D eigenvalue weighted by Gasteiger charge is 2.22. The lowest BCUT2D eigenvalue weighted by Gasteiger charge is -2.35. The first-order valence-electron chi connectivity index (χ1n) is 14.3. The first-order valence-corrected chi connectivity index (χ1v) is 15.3. The molecule has 2 aliphatic heterocycles. The fourth-order valence-corrected chi connectivity index (χ4v) is 5.67. The van der Waals surface area contributed by atoms with Gasteiger partial charge < -0.3 is 24.1 Å². The summed E-state index contributed by atoms with van der Waals surface area (Å²) >= 11 is 1.51. The van der Waals surface area contributed by atoms with Crippen molar-refractivity contribution in [2.24, 2.45) is 5.92 Å². The van der Waals surface area contributed by atoms with Crippen LogP contribution in [0.2, 0.25) is 0 Å². The second kappa shape index (κ2) is 12.9. The van der Waals surface area contributed by atoms with E-state index >= 15 is 0 Å². The second-order valence-electron chi connectivity index (χ2n) is 10.9. The van der Waals surface area contributed by atoms with Crippen LogP contribution in [0.4, 0.5) is 5.82 Å². The maximum Gasteiger partial charge on any atom is 0.287 e. The van der Waals surface area contributed by atoms with Crippen molar-refractivity contribution in [2.45, 2.75) is 31.3 Å². The Morgan fingerprint density at radius 2 is 1.76 bits per heavy atom. The van der Waals surface area contributed by atoms with Gasteiger partial charge in [0.25, 0.3) is 5.91 Å². The summed E-state index contributed by atoms with van der Waals surface area (Å²) in [5, 5.41) is 3.57. The van der Waals surface area contributed by atoms with E-state index < -0.39 is 0 Å². The van der Waals surface area contributed by atoms with E-state index in [1.807, 2.05) is 30.3 Å². The molecule has 218 valence electrons. The number of carbonyl (C=O) groups is 1. The topological polar surface area (TPSA) is 93.0 Å². The molecule has 0 radical (unpaired) electrons. The number of ether oxygens (including phenoxy) is 2. The van der Waals surface area contributed by atoms with Crippen molar-refractivity contribution in [3.8, 4) is 22.8 Å². The van der Waals surface area contributed by atoms with E-state index in [2.05, 4.69) is 59.3 Å². The van der Waals surface area contributed by atoms with E-state index in [-0.39, 0.29) is 5.91 Å². The molecule has 0 unspecified atom stereocenters. The molecule has 0 bridgehead atoms. The number of furan rings is 1. The molecule has 0 aliphatic carbocycles. The Balaban J connectivity index is 1.13. The standard InChI is InChI=1S/C32H35N5O4S/c1-22(2)18-33-31(38)28-11-9-25(41-28)20-42-32-34-26(24-6-4-3-5-7-24)17-30(35-32)37-14-12-36(13-15-37)19-23-8-10-27-29(16-23)40-21-39-27/h3-11,16-17,22H,12-15,18-21H2,1-2H3,(H,33,38). The van der Waals surface area contributed by atoms with Crippen LogP contribution in [0, 0.1) is 5.92 Å². The van der Waals surface area contributed by atoms with Gasteiger partial charge in [0, 0.05) is 50.9 Å². The van der Waals surface area contributed by atoms with Gasteiger partial charge in [-0.3, -0.25) is 9.69 Å². The number of hydrogen-bond acceptors (Lipinski definition) is 9. The van der Waals surface area contributed by atoms with Crippen LogP contribution < -0.4 is 19.7 Å². The van der Waals surface area contributed by atoms with Gasteiger partial charge in [-0.1, -0.05) is 62.0 Å². The fourth-order valence-electron chi connectivity index (χ4n) is 4.93. The number of hydrogen-bond donors (Lipinski definition) is 1. The zero-order chi connectivity index (χ0) is 28.9. The maximum atomic E-state index is 12.4. The van der Waals surface area contributed by atoms with Crippen molar-refractivity contribution in [1.29, 1.82) is 0 Å². The summed E-state index contributed by atoms with van der Waals surface area (Å²) in [5.41, 5.74) is 3.16. The normalized spacial score (nSPS) is 14.9. The minimum atomic E-state index is -0.192. The van der Waals surface area contributed by atoms with Gasteiger partial charge in [0.05, 0.1) is 11.4 Å². The van der Waals surface area contributed by atoms with Crippen molar-refractivity contribution in [3.63, 3.8) is 0 Å². The van der Waals surface area contributed by atoms with E-state index in [0.717, 1.165) is 61.3 Å². The van der Waals surface area contributed by atoms with E-state index in [1.54, 1.807) is 6.07 Å². The Hall–Kier alpha value is -4.02. The van der Waals surface area contributed by atoms with Gasteiger partial charge in [-0.15, -0.1) is 0 Å². The molecule has 2 aliphatic rings. The van der Waals surface area contributed by atoms with Crippen LogP contribution >= 0.6 is 11.8 Å². The van der Waals surface area contributed by atoms with Crippen LogP contribution in [-0.4, -0.2) is 60.3 Å². The molecule has 42 heavy (non-hydrogen) atoms. The third kappa shape index (κ3) is 6.88. The minimum absolute atomic E-state index is 0.192. The maximum absolute atomic E-state index is 12.4. The minimum Gasteiger partial charge on any atom is -0.455 e. The Morgan fingerprint density at radius 3 is 2.57 bits per heavy atom. The molecule has 4 aromatic rings. The van der Waals surface area contributed by atoms with Crippen molar-refractivity contribution >= 4 is 23.5 Å². The third-order valence-electron chi connectivity index (χ3n) is 7.20. The van der Waals surface area contributed by atoms with Crippen LogP contribution in [0.1, 0.15) is 35.7 Å². The molecule has 1 saturated heterocycles. The number of fused-ring (bicyclic) bond motifs is 1. The van der Waals surface area contributed by atoms with Gasteiger partial charge in [-0.25, -0.2) is 9.97 Å². The van der Waals surface area contributed by atoms with E-state index in [0.29, 0.717) is 41.7 Å². The average Bonchev–Trinajstić information content (AvgIpc) is 3.69. The monoisotopic (exact) mass is 585 g/mol. The second-order valence-corrected chi connectivity index (χ2v) is 11.8. The summed E-state index contributed by atoms with van der Waals surface area (Å²) in [4.78, 5) is 27.0. The van der Waals surface area contributed by atoms with Gasteiger partial charge in [0.1, 0.15) is 11.6 Å². The first-order chi connectivity index (χ1) is 20.5. The summed E-state index contributed by atoms with van der Waals surface area (Å²) in [5.74, 6) is 4.30. The van der Waals surface area contributed by atoms with Gasteiger partial charge in [0.2, 0.25) is 6.79 Å². The molecule has 0 spiro atoms. The van der Waals surface area contributed by atoms with E-state index in [9.17, 15) is 4.79 Å². The smallest absolute Gasteiger partial charge is 0.287 e. The lowest BCUT2D eigenvalue weighted by molar-refractivity contribution is 0.0920. The number of nitrogens with one attached hydrogen (secondary N) is 1. The average molecular weight is 586 g/mol. The molecular weight excluding hydrogens is 550 g/mol. The largest absolute Gasteiger partial charge is 0.455 e. The lowest BCUT2D eigenvalue weighted by atomic mass is 10.1. The van der Waals surface area contributed by atoms with E-state index in [4.69, 9.17) is 23.9 Å². The van der Waals surface area contributed by atoms with Crippen molar-refractivity contribution in [2.75, 3.05) is 44.4 Å². The number of piperazine rings is 1. The predicted molar refractivity (Wildman–Crippen MR) is 163 cm³/mol. The summed E-state index contributed by atoms with van der Waals surface area (Å²) < 4.78 is 16.8. The van der Waals surface area contributed by atoms with E-state index in [1.165, 1.54) is 17.3 Å². The number of thioether (sulfide) groups is 1. The molecule has 6 rings (SSSR count). The third-order valence-corrected chi connectivity index (χ3v) is 8.07. The highest BCUT2D eigenvalue weighted by atomic mass is 32.2. The van der Waals surface area contributed by atoms with Crippen molar-refractivity contribution in [1.82, 2.24) is 20.2 Å². The Bertz CT molecular complexity index is 1520. The predicted octanol–water partition coefficient (Wildman–Crippen LogP) is 5.47. The molecule has 2 aromatic carbocycles. The Labute approximate surface area is 250 Å². The lowest BCUT2D eigenvalue weighted by Crippen LogP contribution is -2.46. The van der Waals surface area contributed by atoms with Crippen LogP contribution in [-0.2, 0) is 12.3 Å². The van der Waals surface area contributed by atoms with Crippen LogP contribution in [0.25, 0.3) is 11.3 Å². The zero-order valence-electron chi connectivity index (χ0n) is 23.9. The summed E-state index contributed by atoms with van der Waals surface area (Å²) in [6.07, 6.45) is 0. The van der Waals surface area contributed by atoms with Gasteiger partial charge >= 0.3 is 0 Å². The van der Waals surface area contributed by atoms with Gasteiger partial charge in [-0.05, 0) is 35.7 Å². The number of benzene rings is 2. The fraction of sp³-hybridized carbons (Fsp3) is 0.344. The number of rotatable bonds is 10. The summed E-state index contributed by atoms with van der Waals surface area (Å²) in [6, 6.07) is 22.0. The Morgan fingerprint density at radius 1 is 0.952 bits per heavy atom. The number of nitrogens with zero attached hydrogens (tertiary/aromatic N) is 4. The molecule has 2 aromatic heterocycles. The molecular formula is C32H35N5O4S. The number of aromatic nitrogens is 2. The Kier molecular flexibility index (Phi) is 8.62. The molecule has 1 amide bonds. The number of anilines is 1. The quantitative estimate of drug-likeness (QED) is 0.192. The molecule has 9 nitrogen and oxygen atoms in total. The van der Waals surface area contributed by atoms with Crippen LogP contribution in [0.5, 0.6) is 11.5 Å². The van der Waals surface area contributed by atoms with Gasteiger partial charge in [-0.2, -0.15) is 0 Å². The molecule has 0 saturated carbocycles. The van der Waals surface area contributed by atoms with Crippen molar-refractivity contribution < 1.29 is 18.7 Å². The molecule has 1 fully saturated rings. The molecule has 1 N–H and O–H groups in total. The number of carbonyl (C=O) groups excluding carboxylic acids is 1. The molecule has 0 atom stereocenters. The number of amides is 1. The van der Waals surface area contributed by atoms with Crippen molar-refractivity contribution in [3.05, 3.63) is 83.8 Å². The zero-order valence-corrected chi connectivity index (χ0v) is 24.7. The SMILES string of the molecule is CC(C)CNC(=O)c1ccc(CSc2nc(-c3ccccc3)cc(N3CCN(Cc4ccc5c(c4)OCO5)CC3)n2)o1. The summed E-state index contributed by atoms with van der Waals surface area (Å²) in [6.45, 7) is 9.47.